The van der Waals surface area contributed by atoms with Gasteiger partial charge in [-0.25, -0.2) is 0 Å². The fourth-order valence-corrected chi connectivity index (χ4v) is 2.43. The minimum absolute atomic E-state index is 0. The van der Waals surface area contributed by atoms with Crippen molar-refractivity contribution in [3.63, 3.8) is 0 Å². The number of aromatic nitrogens is 1. The lowest BCUT2D eigenvalue weighted by Crippen LogP contribution is -2.38. The average molecular weight is 456 g/mol. The van der Waals surface area contributed by atoms with Gasteiger partial charge in [-0.15, -0.1) is 24.0 Å². The molecule has 138 valence electrons. The van der Waals surface area contributed by atoms with Gasteiger partial charge in [0.2, 0.25) is 0 Å². The normalized spacial score (nSPS) is 10.9. The molecule has 0 saturated heterocycles. The Morgan fingerprint density at radius 1 is 1.12 bits per heavy atom. The number of benzene rings is 1. The van der Waals surface area contributed by atoms with Gasteiger partial charge in [-0.2, -0.15) is 0 Å². The summed E-state index contributed by atoms with van der Waals surface area (Å²) in [4.78, 5) is 4.64. The number of aliphatic imine (C=N–C) groups is 1. The van der Waals surface area contributed by atoms with Gasteiger partial charge in [-0.05, 0) is 49.6 Å². The Hall–Kier alpha value is -1.70. The molecule has 0 aliphatic rings. The van der Waals surface area contributed by atoms with Crippen molar-refractivity contribution in [1.82, 2.24) is 15.2 Å². The minimum Gasteiger partial charge on any atom is -0.497 e. The van der Waals surface area contributed by atoms with Crippen molar-refractivity contribution in [2.45, 2.75) is 26.3 Å². The second kappa shape index (κ2) is 12.6. The first-order chi connectivity index (χ1) is 11.8. The van der Waals surface area contributed by atoms with Crippen LogP contribution in [-0.2, 0) is 13.0 Å². The minimum atomic E-state index is 0. The van der Waals surface area contributed by atoms with Gasteiger partial charge in [0.05, 0.1) is 7.11 Å². The van der Waals surface area contributed by atoms with E-state index < -0.39 is 0 Å². The first-order valence-corrected chi connectivity index (χ1v) is 8.57. The van der Waals surface area contributed by atoms with Crippen molar-refractivity contribution in [3.8, 4) is 5.75 Å². The summed E-state index contributed by atoms with van der Waals surface area (Å²) in [5.74, 6) is 1.79. The molecule has 0 fully saturated rings. The predicted octanol–water partition coefficient (Wildman–Crippen LogP) is 3.30. The highest BCUT2D eigenvalue weighted by Crippen LogP contribution is 2.12. The molecule has 2 rings (SSSR count). The molecule has 0 bridgehead atoms. The van der Waals surface area contributed by atoms with Crippen LogP contribution >= 0.6 is 24.0 Å². The van der Waals surface area contributed by atoms with Gasteiger partial charge in [-0.3, -0.25) is 4.99 Å². The van der Waals surface area contributed by atoms with Gasteiger partial charge in [0, 0.05) is 38.6 Å². The number of hydrogen-bond acceptors (Lipinski definition) is 2. The molecule has 0 saturated carbocycles. The third kappa shape index (κ3) is 8.29. The van der Waals surface area contributed by atoms with E-state index in [0.29, 0.717) is 0 Å². The molecule has 1 aromatic carbocycles. The number of ether oxygens (including phenoxy) is 1. The van der Waals surface area contributed by atoms with E-state index in [1.165, 1.54) is 5.56 Å². The standard InChI is InChI=1S/C19H28N4O.HI/c1-3-20-19(22-13-16-23-14-4-5-15-23)21-12-6-7-17-8-10-18(24-2)11-9-17;/h4-5,8-11,14-15H,3,6-7,12-13,16H2,1-2H3,(H2,20,21,22);1H. The topological polar surface area (TPSA) is 50.6 Å². The quantitative estimate of drug-likeness (QED) is 0.264. The molecule has 0 spiro atoms. The number of nitrogens with zero attached hydrogens (tertiary/aromatic N) is 2. The van der Waals surface area contributed by atoms with Crippen LogP contribution in [0.2, 0.25) is 0 Å². The highest BCUT2D eigenvalue weighted by atomic mass is 127. The van der Waals surface area contributed by atoms with Crippen LogP contribution in [0.5, 0.6) is 5.75 Å². The van der Waals surface area contributed by atoms with E-state index in [0.717, 1.165) is 50.7 Å². The highest BCUT2D eigenvalue weighted by molar-refractivity contribution is 14.0. The van der Waals surface area contributed by atoms with E-state index in [2.05, 4.69) is 51.6 Å². The Kier molecular flexibility index (Phi) is 10.8. The monoisotopic (exact) mass is 456 g/mol. The second-order valence-electron chi connectivity index (χ2n) is 5.56. The molecule has 0 unspecified atom stereocenters. The van der Waals surface area contributed by atoms with Crippen LogP contribution in [0, 0.1) is 0 Å². The maximum absolute atomic E-state index is 5.18. The molecular formula is C19H29IN4O. The lowest BCUT2D eigenvalue weighted by Gasteiger charge is -2.11. The average Bonchev–Trinajstić information content (AvgIpc) is 3.12. The Balaban J connectivity index is 0.00000312. The second-order valence-corrected chi connectivity index (χ2v) is 5.56. The van der Waals surface area contributed by atoms with Crippen LogP contribution in [-0.4, -0.2) is 37.3 Å². The zero-order valence-electron chi connectivity index (χ0n) is 15.1. The van der Waals surface area contributed by atoms with Crippen molar-refractivity contribution in [2.24, 2.45) is 4.99 Å². The number of guanidine groups is 1. The Morgan fingerprint density at radius 2 is 1.84 bits per heavy atom. The summed E-state index contributed by atoms with van der Waals surface area (Å²) in [6.07, 6.45) is 6.19. The first-order valence-electron chi connectivity index (χ1n) is 8.57. The molecule has 6 heteroatoms. The maximum Gasteiger partial charge on any atom is 0.191 e. The summed E-state index contributed by atoms with van der Waals surface area (Å²) in [5.41, 5.74) is 1.32. The Bertz CT molecular complexity index is 596. The fraction of sp³-hybridized carbons (Fsp3) is 0.421. The molecule has 25 heavy (non-hydrogen) atoms. The Morgan fingerprint density at radius 3 is 2.48 bits per heavy atom. The van der Waals surface area contributed by atoms with Crippen LogP contribution < -0.4 is 15.4 Å². The van der Waals surface area contributed by atoms with E-state index in [9.17, 15) is 0 Å². The molecule has 0 aliphatic heterocycles. The third-order valence-electron chi connectivity index (χ3n) is 3.73. The molecular weight excluding hydrogens is 427 g/mol. The number of methoxy groups -OCH3 is 1. The smallest absolute Gasteiger partial charge is 0.191 e. The summed E-state index contributed by atoms with van der Waals surface area (Å²) < 4.78 is 7.33. The third-order valence-corrected chi connectivity index (χ3v) is 3.73. The molecule has 1 heterocycles. The summed E-state index contributed by atoms with van der Waals surface area (Å²) >= 11 is 0. The van der Waals surface area contributed by atoms with Gasteiger partial charge < -0.3 is 19.9 Å². The lowest BCUT2D eigenvalue weighted by molar-refractivity contribution is 0.414. The van der Waals surface area contributed by atoms with Gasteiger partial charge in [0.1, 0.15) is 5.75 Å². The van der Waals surface area contributed by atoms with Crippen LogP contribution in [0.3, 0.4) is 0 Å². The molecule has 0 atom stereocenters. The SMILES string of the molecule is CCNC(=NCCCc1ccc(OC)cc1)NCCn1cccc1.I. The summed E-state index contributed by atoms with van der Waals surface area (Å²) in [7, 11) is 1.69. The van der Waals surface area contributed by atoms with E-state index in [1.807, 2.05) is 24.3 Å². The number of rotatable bonds is 9. The van der Waals surface area contributed by atoms with Gasteiger partial charge >= 0.3 is 0 Å². The zero-order valence-corrected chi connectivity index (χ0v) is 17.4. The largest absolute Gasteiger partial charge is 0.497 e. The van der Waals surface area contributed by atoms with E-state index in [1.54, 1.807) is 7.11 Å². The fourth-order valence-electron chi connectivity index (χ4n) is 2.43. The molecule has 0 amide bonds. The summed E-state index contributed by atoms with van der Waals surface area (Å²) in [6, 6.07) is 12.3. The predicted molar refractivity (Wildman–Crippen MR) is 115 cm³/mol. The number of nitrogens with one attached hydrogen (secondary N) is 2. The zero-order chi connectivity index (χ0) is 17.0. The van der Waals surface area contributed by atoms with Crippen molar-refractivity contribution < 1.29 is 4.74 Å². The lowest BCUT2D eigenvalue weighted by atomic mass is 10.1. The highest BCUT2D eigenvalue weighted by Gasteiger charge is 1.98. The molecule has 2 aromatic rings. The number of aryl methyl sites for hydroxylation is 1. The maximum atomic E-state index is 5.18. The van der Waals surface area contributed by atoms with Crippen LogP contribution in [0.1, 0.15) is 18.9 Å². The van der Waals surface area contributed by atoms with Gasteiger partial charge in [0.15, 0.2) is 5.96 Å². The van der Waals surface area contributed by atoms with E-state index >= 15 is 0 Å². The Labute approximate surface area is 167 Å². The summed E-state index contributed by atoms with van der Waals surface area (Å²) in [5, 5.41) is 6.66. The molecule has 1 aromatic heterocycles. The van der Waals surface area contributed by atoms with Crippen molar-refractivity contribution in [2.75, 3.05) is 26.7 Å². The van der Waals surface area contributed by atoms with Crippen molar-refractivity contribution >= 4 is 29.9 Å². The number of hydrogen-bond donors (Lipinski definition) is 2. The van der Waals surface area contributed by atoms with Gasteiger partial charge in [-0.1, -0.05) is 12.1 Å². The molecule has 2 N–H and O–H groups in total. The van der Waals surface area contributed by atoms with Crippen molar-refractivity contribution in [1.29, 1.82) is 0 Å². The van der Waals surface area contributed by atoms with Gasteiger partial charge in [0.25, 0.3) is 0 Å². The number of halogens is 1. The first kappa shape index (κ1) is 21.3. The van der Waals surface area contributed by atoms with Crippen LogP contribution in [0.4, 0.5) is 0 Å². The van der Waals surface area contributed by atoms with Crippen LogP contribution in [0.25, 0.3) is 0 Å². The van der Waals surface area contributed by atoms with E-state index in [-0.39, 0.29) is 24.0 Å². The van der Waals surface area contributed by atoms with E-state index in [4.69, 9.17) is 4.74 Å². The molecule has 0 radical (unpaired) electrons. The molecule has 5 nitrogen and oxygen atoms in total. The summed E-state index contributed by atoms with van der Waals surface area (Å²) in [6.45, 7) is 5.56. The van der Waals surface area contributed by atoms with Crippen molar-refractivity contribution in [3.05, 3.63) is 54.4 Å². The van der Waals surface area contributed by atoms with Crippen LogP contribution in [0.15, 0.2) is 53.8 Å². The molecule has 0 aliphatic carbocycles.